The number of carboxylic acids is 1. The fraction of sp³-hybridized carbons (Fsp3) is 0.762. The Kier molecular flexibility index (Phi) is 8.82. The van der Waals surface area contributed by atoms with E-state index in [1.54, 1.807) is 6.92 Å². The fourth-order valence-corrected chi connectivity index (χ4v) is 4.83. The number of carbonyl (C=O) groups is 3. The Balaban J connectivity index is 1.69. The van der Waals surface area contributed by atoms with Crippen molar-refractivity contribution in [1.82, 2.24) is 10.6 Å². The first-order valence-corrected chi connectivity index (χ1v) is 10.4. The molecule has 6 heteroatoms. The third kappa shape index (κ3) is 7.00. The predicted octanol–water partition coefficient (Wildman–Crippen LogP) is 2.88. The maximum absolute atomic E-state index is 11.8. The van der Waals surface area contributed by atoms with Crippen LogP contribution in [0.3, 0.4) is 0 Å². The molecule has 2 saturated carbocycles. The van der Waals surface area contributed by atoms with Crippen molar-refractivity contribution < 1.29 is 19.5 Å². The minimum Gasteiger partial charge on any atom is -0.481 e. The number of aliphatic carboxylic acids is 1. The van der Waals surface area contributed by atoms with Gasteiger partial charge in [0, 0.05) is 19.4 Å². The molecule has 0 aliphatic heterocycles. The second-order valence-electron chi connectivity index (χ2n) is 7.92. The first-order chi connectivity index (χ1) is 13.0. The number of allylic oxidation sites excluding steroid dienone is 2. The Hall–Kier alpha value is -1.85. The Morgan fingerprint density at radius 2 is 1.78 bits per heavy atom. The number of hydrogen-bond donors (Lipinski definition) is 3. The van der Waals surface area contributed by atoms with E-state index in [2.05, 4.69) is 22.8 Å². The molecule has 0 heterocycles. The largest absolute Gasteiger partial charge is 0.481 e. The van der Waals surface area contributed by atoms with E-state index in [9.17, 15) is 14.4 Å². The molecule has 0 unspecified atom stereocenters. The molecule has 6 nitrogen and oxygen atoms in total. The van der Waals surface area contributed by atoms with Crippen LogP contribution in [0.25, 0.3) is 0 Å². The maximum atomic E-state index is 11.8. The molecule has 2 amide bonds. The number of carboxylic acid groups (broad SMARTS) is 1. The minimum atomic E-state index is -0.729. The lowest BCUT2D eigenvalue weighted by Gasteiger charge is -2.30. The van der Waals surface area contributed by atoms with E-state index < -0.39 is 5.97 Å². The Labute approximate surface area is 162 Å². The molecular weight excluding hydrogens is 344 g/mol. The van der Waals surface area contributed by atoms with Gasteiger partial charge in [-0.3, -0.25) is 14.4 Å². The van der Waals surface area contributed by atoms with Crippen LogP contribution in [-0.4, -0.2) is 36.0 Å². The summed E-state index contributed by atoms with van der Waals surface area (Å²) in [5.41, 5.74) is 0. The number of fused-ring (bicyclic) bond motifs is 2. The average molecular weight is 379 g/mol. The highest BCUT2D eigenvalue weighted by molar-refractivity contribution is 5.84. The SMILES string of the molecule is CCC(=O)NCC(=O)NCC[C@@H]1[C@@H]2CC[C@@H](C2)[C@@H]1C/C=C\CCCC(=O)O. The molecule has 0 aromatic carbocycles. The van der Waals surface area contributed by atoms with E-state index in [1.807, 2.05) is 0 Å². The van der Waals surface area contributed by atoms with Gasteiger partial charge in [-0.25, -0.2) is 0 Å². The first-order valence-electron chi connectivity index (χ1n) is 10.4. The number of rotatable bonds is 12. The van der Waals surface area contributed by atoms with Gasteiger partial charge in [0.1, 0.15) is 0 Å². The van der Waals surface area contributed by atoms with Gasteiger partial charge in [-0.2, -0.15) is 0 Å². The van der Waals surface area contributed by atoms with Crippen molar-refractivity contribution in [2.24, 2.45) is 23.7 Å². The summed E-state index contributed by atoms with van der Waals surface area (Å²) < 4.78 is 0. The molecule has 2 aliphatic carbocycles. The lowest BCUT2D eigenvalue weighted by molar-refractivity contribution is -0.137. The van der Waals surface area contributed by atoms with E-state index in [-0.39, 0.29) is 24.8 Å². The van der Waals surface area contributed by atoms with Gasteiger partial charge in [-0.1, -0.05) is 19.1 Å². The van der Waals surface area contributed by atoms with Crippen LogP contribution in [0.1, 0.15) is 64.7 Å². The zero-order valence-corrected chi connectivity index (χ0v) is 16.4. The van der Waals surface area contributed by atoms with E-state index in [1.165, 1.54) is 19.3 Å². The van der Waals surface area contributed by atoms with Crippen LogP contribution >= 0.6 is 0 Å². The zero-order chi connectivity index (χ0) is 19.6. The quantitative estimate of drug-likeness (QED) is 0.359. The van der Waals surface area contributed by atoms with Gasteiger partial charge in [0.2, 0.25) is 11.8 Å². The fourth-order valence-electron chi connectivity index (χ4n) is 4.83. The van der Waals surface area contributed by atoms with Gasteiger partial charge in [0.15, 0.2) is 0 Å². The normalized spacial score (nSPS) is 26.4. The van der Waals surface area contributed by atoms with E-state index in [4.69, 9.17) is 5.11 Å². The third-order valence-corrected chi connectivity index (χ3v) is 6.18. The van der Waals surface area contributed by atoms with Crippen LogP contribution in [0.4, 0.5) is 0 Å². The van der Waals surface area contributed by atoms with Crippen molar-refractivity contribution in [3.05, 3.63) is 12.2 Å². The number of amides is 2. The van der Waals surface area contributed by atoms with Crippen LogP contribution < -0.4 is 10.6 Å². The number of carbonyl (C=O) groups excluding carboxylic acids is 2. The van der Waals surface area contributed by atoms with Crippen molar-refractivity contribution in [2.45, 2.75) is 64.7 Å². The van der Waals surface area contributed by atoms with Crippen LogP contribution in [0.2, 0.25) is 0 Å². The molecule has 27 heavy (non-hydrogen) atoms. The zero-order valence-electron chi connectivity index (χ0n) is 16.4. The summed E-state index contributed by atoms with van der Waals surface area (Å²) in [5.74, 6) is 2.01. The van der Waals surface area contributed by atoms with E-state index in [0.29, 0.717) is 31.2 Å². The molecule has 2 fully saturated rings. The Bertz CT molecular complexity index is 546. The molecule has 0 aromatic rings. The van der Waals surface area contributed by atoms with Gasteiger partial charge >= 0.3 is 5.97 Å². The topological polar surface area (TPSA) is 95.5 Å². The average Bonchev–Trinajstić information content (AvgIpc) is 3.24. The molecule has 2 rings (SSSR count). The van der Waals surface area contributed by atoms with Crippen LogP contribution in [0.15, 0.2) is 12.2 Å². The highest BCUT2D eigenvalue weighted by Gasteiger charge is 2.46. The van der Waals surface area contributed by atoms with Crippen molar-refractivity contribution in [3.63, 3.8) is 0 Å². The smallest absolute Gasteiger partial charge is 0.303 e. The summed E-state index contributed by atoms with van der Waals surface area (Å²) in [4.78, 5) is 33.6. The van der Waals surface area contributed by atoms with Gasteiger partial charge in [-0.15, -0.1) is 0 Å². The molecule has 0 aromatic heterocycles. The molecule has 2 bridgehead atoms. The highest BCUT2D eigenvalue weighted by atomic mass is 16.4. The number of unbranched alkanes of at least 4 members (excludes halogenated alkanes) is 1. The van der Waals surface area contributed by atoms with Crippen molar-refractivity contribution >= 4 is 17.8 Å². The highest BCUT2D eigenvalue weighted by Crippen LogP contribution is 2.54. The number of hydrogen-bond acceptors (Lipinski definition) is 3. The molecule has 0 saturated heterocycles. The minimum absolute atomic E-state index is 0.0614. The summed E-state index contributed by atoms with van der Waals surface area (Å²) in [7, 11) is 0. The molecule has 4 atom stereocenters. The summed E-state index contributed by atoms with van der Waals surface area (Å²) in [6, 6.07) is 0. The van der Waals surface area contributed by atoms with Gasteiger partial charge < -0.3 is 15.7 Å². The van der Waals surface area contributed by atoms with Gasteiger partial charge in [-0.05, 0) is 68.6 Å². The van der Waals surface area contributed by atoms with E-state index in [0.717, 1.165) is 31.1 Å². The standard InChI is InChI=1S/C21H34N2O4/c1-2-19(24)23-14-20(25)22-12-11-18-16-10-9-15(13-16)17(18)7-5-3-4-6-8-21(26)27/h3,5,15-18H,2,4,6-14H2,1H3,(H,22,25)(H,23,24)(H,26,27)/b5-3-/t15-,16+,17-,18+/m0/s1. The molecular formula is C21H34N2O4. The summed E-state index contributed by atoms with van der Waals surface area (Å²) in [5, 5.41) is 14.2. The third-order valence-electron chi connectivity index (χ3n) is 6.18. The molecule has 0 radical (unpaired) electrons. The Morgan fingerprint density at radius 1 is 1.04 bits per heavy atom. The van der Waals surface area contributed by atoms with Gasteiger partial charge in [0.25, 0.3) is 0 Å². The summed E-state index contributed by atoms with van der Waals surface area (Å²) in [6.07, 6.45) is 12.6. The molecule has 152 valence electrons. The van der Waals surface area contributed by atoms with Crippen LogP contribution in [0.5, 0.6) is 0 Å². The predicted molar refractivity (Wildman–Crippen MR) is 104 cm³/mol. The molecule has 0 spiro atoms. The maximum Gasteiger partial charge on any atom is 0.303 e. The summed E-state index contributed by atoms with van der Waals surface area (Å²) >= 11 is 0. The Morgan fingerprint density at radius 3 is 2.48 bits per heavy atom. The monoisotopic (exact) mass is 378 g/mol. The van der Waals surface area contributed by atoms with Crippen molar-refractivity contribution in [3.8, 4) is 0 Å². The van der Waals surface area contributed by atoms with Crippen molar-refractivity contribution in [2.75, 3.05) is 13.1 Å². The lowest BCUT2D eigenvalue weighted by Crippen LogP contribution is -2.38. The molecule has 2 aliphatic rings. The molecule has 3 N–H and O–H groups in total. The second-order valence-corrected chi connectivity index (χ2v) is 7.92. The second kappa shape index (κ2) is 11.1. The van der Waals surface area contributed by atoms with Crippen LogP contribution in [-0.2, 0) is 14.4 Å². The lowest BCUT2D eigenvalue weighted by atomic mass is 9.76. The van der Waals surface area contributed by atoms with E-state index >= 15 is 0 Å². The first kappa shape index (κ1) is 21.5. The summed E-state index contributed by atoms with van der Waals surface area (Å²) in [6.45, 7) is 2.50. The van der Waals surface area contributed by atoms with Crippen molar-refractivity contribution in [1.29, 1.82) is 0 Å². The van der Waals surface area contributed by atoms with Crippen LogP contribution in [0, 0.1) is 23.7 Å². The van der Waals surface area contributed by atoms with Gasteiger partial charge in [0.05, 0.1) is 6.54 Å². The number of nitrogens with one attached hydrogen (secondary N) is 2.